The van der Waals surface area contributed by atoms with Gasteiger partial charge >= 0.3 is 6.18 Å². The van der Waals surface area contributed by atoms with Crippen LogP contribution in [0.5, 0.6) is 0 Å². The van der Waals surface area contributed by atoms with E-state index in [9.17, 15) is 35.9 Å². The van der Waals surface area contributed by atoms with E-state index >= 15 is 0 Å². The maximum atomic E-state index is 14.3. The van der Waals surface area contributed by atoms with Crippen LogP contribution in [0.2, 0.25) is 0 Å². The van der Waals surface area contributed by atoms with E-state index in [0.717, 1.165) is 0 Å². The van der Waals surface area contributed by atoms with Crippen molar-refractivity contribution in [1.29, 1.82) is 0 Å². The summed E-state index contributed by atoms with van der Waals surface area (Å²) in [4.78, 5) is 23.3. The van der Waals surface area contributed by atoms with Gasteiger partial charge in [0.2, 0.25) is 12.0 Å². The van der Waals surface area contributed by atoms with Gasteiger partial charge in [0, 0.05) is 17.5 Å². The molecule has 0 aliphatic carbocycles. The number of hydrogen-bond acceptors (Lipinski definition) is 3. The first-order chi connectivity index (χ1) is 13.3. The molecule has 1 N–H and O–H groups in total. The molecule has 4 atom stereocenters. The number of hydrogen-bond donors (Lipinski definition) is 1. The summed E-state index contributed by atoms with van der Waals surface area (Å²) < 4.78 is 85.1. The van der Waals surface area contributed by atoms with Crippen LogP contribution >= 0.6 is 0 Å². The van der Waals surface area contributed by atoms with Crippen molar-refractivity contribution in [2.75, 3.05) is 0 Å². The van der Waals surface area contributed by atoms with E-state index in [2.05, 4.69) is 5.32 Å². The summed E-state index contributed by atoms with van der Waals surface area (Å²) in [6, 6.07) is -0.725. The van der Waals surface area contributed by atoms with Gasteiger partial charge in [-0.25, -0.2) is 13.2 Å². The number of ether oxygens (including phenoxy) is 1. The second-order valence-electron chi connectivity index (χ2n) is 7.00. The number of carbonyl (C=O) groups excluding carboxylic acids is 2. The lowest BCUT2D eigenvalue weighted by molar-refractivity contribution is -0.226. The van der Waals surface area contributed by atoms with Crippen LogP contribution in [0.15, 0.2) is 12.1 Å². The van der Waals surface area contributed by atoms with Crippen LogP contribution < -0.4 is 5.32 Å². The Kier molecular flexibility index (Phi) is 8.67. The SMILES string of the molecule is CCC(NC(=O)C(C)C(C)C)[C@H](OC(C=O)C(F)(F)F)c1cc(F)c(F)cc1F. The number of aldehydes is 1. The van der Waals surface area contributed by atoms with Gasteiger partial charge in [-0.3, -0.25) is 4.79 Å². The third-order valence-electron chi connectivity index (χ3n) is 4.63. The Bertz CT molecular complexity index is 723. The number of nitrogens with one attached hydrogen (secondary N) is 1. The largest absolute Gasteiger partial charge is 0.421 e. The summed E-state index contributed by atoms with van der Waals surface area (Å²) in [6.45, 7) is 6.56. The molecule has 0 saturated heterocycles. The summed E-state index contributed by atoms with van der Waals surface area (Å²) in [5, 5.41) is 2.46. The minimum Gasteiger partial charge on any atom is -0.351 e. The van der Waals surface area contributed by atoms with E-state index in [4.69, 9.17) is 4.74 Å². The Morgan fingerprint density at radius 2 is 1.66 bits per heavy atom. The van der Waals surface area contributed by atoms with Gasteiger partial charge in [0.25, 0.3) is 0 Å². The molecule has 0 saturated carbocycles. The molecule has 29 heavy (non-hydrogen) atoms. The first kappa shape index (κ1) is 24.9. The Morgan fingerprint density at radius 3 is 2.10 bits per heavy atom. The highest BCUT2D eigenvalue weighted by Crippen LogP contribution is 2.33. The maximum Gasteiger partial charge on any atom is 0.421 e. The number of benzene rings is 1. The molecule has 1 amide bonds. The number of amides is 1. The second kappa shape index (κ2) is 10.1. The number of rotatable bonds is 9. The normalized spacial score (nSPS) is 16.2. The van der Waals surface area contributed by atoms with Crippen LogP contribution in [0.3, 0.4) is 0 Å². The number of alkyl halides is 3. The van der Waals surface area contributed by atoms with Gasteiger partial charge in [-0.05, 0) is 18.4 Å². The summed E-state index contributed by atoms with van der Waals surface area (Å²) in [5.41, 5.74) is -0.746. The van der Waals surface area contributed by atoms with E-state index in [-0.39, 0.29) is 18.4 Å². The smallest absolute Gasteiger partial charge is 0.351 e. The summed E-state index contributed by atoms with van der Waals surface area (Å²) in [5.74, 6) is -5.61. The first-order valence-electron chi connectivity index (χ1n) is 8.95. The van der Waals surface area contributed by atoms with E-state index < -0.39 is 65.6 Å². The van der Waals surface area contributed by atoms with Crippen LogP contribution in [0, 0.1) is 29.3 Å². The fraction of sp³-hybridized carbons (Fsp3) is 0.579. The van der Waals surface area contributed by atoms with E-state index in [1.807, 2.05) is 0 Å². The molecule has 4 nitrogen and oxygen atoms in total. The summed E-state index contributed by atoms with van der Waals surface area (Å²) in [7, 11) is 0. The highest BCUT2D eigenvalue weighted by Gasteiger charge is 2.44. The standard InChI is InChI=1S/C19H23F6NO3/c1-5-15(26-18(28)10(4)9(2)3)17(29-16(8-27)19(23,24)25)11-6-13(21)14(22)7-12(11)20/h6-10,15-17H,5H2,1-4H3,(H,26,28)/t10?,15?,16?,17-/m1/s1. The van der Waals surface area contributed by atoms with Crippen molar-refractivity contribution in [1.82, 2.24) is 5.32 Å². The van der Waals surface area contributed by atoms with Crippen LogP contribution in [0.1, 0.15) is 45.8 Å². The van der Waals surface area contributed by atoms with Gasteiger partial charge in [-0.15, -0.1) is 0 Å². The van der Waals surface area contributed by atoms with Crippen molar-refractivity contribution >= 4 is 12.2 Å². The number of halogens is 6. The van der Waals surface area contributed by atoms with Crippen molar-refractivity contribution in [3.05, 3.63) is 35.1 Å². The topological polar surface area (TPSA) is 55.4 Å². The molecule has 0 spiro atoms. The Balaban J connectivity index is 3.40. The minimum atomic E-state index is -5.12. The highest BCUT2D eigenvalue weighted by molar-refractivity contribution is 5.78. The second-order valence-corrected chi connectivity index (χ2v) is 7.00. The van der Waals surface area contributed by atoms with Crippen LogP contribution in [-0.2, 0) is 14.3 Å². The fourth-order valence-electron chi connectivity index (χ4n) is 2.49. The number of carbonyl (C=O) groups is 2. The third kappa shape index (κ3) is 6.45. The fourth-order valence-corrected chi connectivity index (χ4v) is 2.49. The quantitative estimate of drug-likeness (QED) is 0.359. The molecule has 3 unspecified atom stereocenters. The minimum absolute atomic E-state index is 0.0386. The zero-order valence-corrected chi connectivity index (χ0v) is 16.3. The third-order valence-corrected chi connectivity index (χ3v) is 4.63. The zero-order chi connectivity index (χ0) is 22.5. The lowest BCUT2D eigenvalue weighted by Gasteiger charge is -2.31. The molecule has 1 aromatic carbocycles. The van der Waals surface area contributed by atoms with E-state index in [1.54, 1.807) is 20.8 Å². The first-order valence-corrected chi connectivity index (χ1v) is 8.95. The Hall–Kier alpha value is -2.10. The van der Waals surface area contributed by atoms with Gasteiger partial charge in [0.1, 0.15) is 11.9 Å². The molecule has 0 radical (unpaired) electrons. The van der Waals surface area contributed by atoms with Crippen molar-refractivity contribution in [2.24, 2.45) is 11.8 Å². The van der Waals surface area contributed by atoms with Crippen molar-refractivity contribution in [3.8, 4) is 0 Å². The monoisotopic (exact) mass is 427 g/mol. The van der Waals surface area contributed by atoms with Crippen molar-refractivity contribution in [3.63, 3.8) is 0 Å². The van der Waals surface area contributed by atoms with Gasteiger partial charge in [-0.2, -0.15) is 13.2 Å². The Morgan fingerprint density at radius 1 is 1.10 bits per heavy atom. The lowest BCUT2D eigenvalue weighted by Crippen LogP contribution is -2.46. The Labute approximate surface area is 164 Å². The molecule has 164 valence electrons. The molecule has 0 aromatic heterocycles. The van der Waals surface area contributed by atoms with Crippen molar-refractivity contribution in [2.45, 2.75) is 58.5 Å². The van der Waals surface area contributed by atoms with Gasteiger partial charge in [-0.1, -0.05) is 27.7 Å². The average Bonchev–Trinajstić information content (AvgIpc) is 2.62. The van der Waals surface area contributed by atoms with Gasteiger partial charge < -0.3 is 14.8 Å². The lowest BCUT2D eigenvalue weighted by atomic mass is 9.94. The molecule has 1 rings (SSSR count). The molecule has 1 aromatic rings. The molecule has 0 heterocycles. The van der Waals surface area contributed by atoms with E-state index in [1.165, 1.54) is 6.92 Å². The van der Waals surface area contributed by atoms with Gasteiger partial charge in [0.15, 0.2) is 17.9 Å². The molecular formula is C19H23F6NO3. The average molecular weight is 427 g/mol. The molecule has 0 aliphatic rings. The van der Waals surface area contributed by atoms with Crippen molar-refractivity contribution < 1.29 is 40.7 Å². The molecular weight excluding hydrogens is 404 g/mol. The zero-order valence-electron chi connectivity index (χ0n) is 16.3. The van der Waals surface area contributed by atoms with Crippen LogP contribution in [-0.4, -0.2) is 30.5 Å². The predicted octanol–water partition coefficient (Wildman–Crippen LogP) is 4.48. The maximum absolute atomic E-state index is 14.3. The summed E-state index contributed by atoms with van der Waals surface area (Å²) in [6.07, 6.45) is -10.5. The van der Waals surface area contributed by atoms with E-state index in [0.29, 0.717) is 6.07 Å². The van der Waals surface area contributed by atoms with Crippen LogP contribution in [0.25, 0.3) is 0 Å². The molecule has 0 fully saturated rings. The van der Waals surface area contributed by atoms with Crippen LogP contribution in [0.4, 0.5) is 26.3 Å². The summed E-state index contributed by atoms with van der Waals surface area (Å²) >= 11 is 0. The highest BCUT2D eigenvalue weighted by atomic mass is 19.4. The molecule has 0 bridgehead atoms. The van der Waals surface area contributed by atoms with Gasteiger partial charge in [0.05, 0.1) is 6.04 Å². The molecule has 0 aliphatic heterocycles. The predicted molar refractivity (Wildman–Crippen MR) is 92.3 cm³/mol. The molecule has 10 heteroatoms.